The molecule has 3 unspecified atom stereocenters. The van der Waals surface area contributed by atoms with E-state index in [4.69, 9.17) is 4.74 Å². The van der Waals surface area contributed by atoms with Gasteiger partial charge in [-0.2, -0.15) is 11.8 Å². The van der Waals surface area contributed by atoms with Crippen LogP contribution in [0.2, 0.25) is 0 Å². The fraction of sp³-hybridized carbons (Fsp3) is 1.00. The zero-order chi connectivity index (χ0) is 12.7. The molecule has 0 aromatic heterocycles. The molecule has 1 aliphatic carbocycles. The topological polar surface area (TPSA) is 41.5 Å². The van der Waals surface area contributed by atoms with Crippen LogP contribution in [0.5, 0.6) is 0 Å². The van der Waals surface area contributed by atoms with Gasteiger partial charge in [0.1, 0.15) is 0 Å². The first kappa shape index (κ1) is 15.3. The number of thioether (sulfide) groups is 1. The molecule has 1 rings (SSSR count). The van der Waals surface area contributed by atoms with Crippen LogP contribution < -0.4 is 5.32 Å². The van der Waals surface area contributed by atoms with Crippen molar-refractivity contribution in [2.45, 2.75) is 50.5 Å². The Morgan fingerprint density at radius 1 is 1.35 bits per heavy atom. The van der Waals surface area contributed by atoms with E-state index in [1.807, 2.05) is 11.8 Å². The standard InChI is InChI=1S/C13H27NO2S/c1-10(2)8-16-9-11(15)7-14-12-5-4-6-13(12)17-3/h10-15H,4-9H2,1-3H3. The van der Waals surface area contributed by atoms with Gasteiger partial charge in [0, 0.05) is 24.4 Å². The molecular formula is C13H27NO2S. The predicted octanol–water partition coefficient (Wildman–Crippen LogP) is 1.89. The summed E-state index contributed by atoms with van der Waals surface area (Å²) in [6.07, 6.45) is 5.65. The van der Waals surface area contributed by atoms with Crippen LogP contribution in [-0.4, -0.2) is 48.5 Å². The summed E-state index contributed by atoms with van der Waals surface area (Å²) < 4.78 is 5.43. The third-order valence-electron chi connectivity index (χ3n) is 3.13. The summed E-state index contributed by atoms with van der Waals surface area (Å²) in [5.74, 6) is 0.533. The molecule has 1 aliphatic rings. The van der Waals surface area contributed by atoms with Crippen molar-refractivity contribution in [3.63, 3.8) is 0 Å². The Balaban J connectivity index is 2.08. The first-order valence-electron chi connectivity index (χ1n) is 6.65. The average Bonchev–Trinajstić information content (AvgIpc) is 2.73. The second kappa shape index (κ2) is 8.35. The first-order chi connectivity index (χ1) is 8.13. The first-order valence-corrected chi connectivity index (χ1v) is 7.94. The van der Waals surface area contributed by atoms with E-state index < -0.39 is 0 Å². The fourth-order valence-electron chi connectivity index (χ4n) is 2.23. The van der Waals surface area contributed by atoms with Crippen molar-refractivity contribution >= 4 is 11.8 Å². The van der Waals surface area contributed by atoms with Gasteiger partial charge in [-0.15, -0.1) is 0 Å². The van der Waals surface area contributed by atoms with Gasteiger partial charge in [0.15, 0.2) is 0 Å². The number of hydrogen-bond acceptors (Lipinski definition) is 4. The minimum Gasteiger partial charge on any atom is -0.389 e. The van der Waals surface area contributed by atoms with Gasteiger partial charge in [0.05, 0.1) is 12.7 Å². The second-order valence-corrected chi connectivity index (χ2v) is 6.38. The molecule has 0 saturated heterocycles. The van der Waals surface area contributed by atoms with Crippen LogP contribution in [0.4, 0.5) is 0 Å². The van der Waals surface area contributed by atoms with Crippen LogP contribution in [0.25, 0.3) is 0 Å². The largest absolute Gasteiger partial charge is 0.389 e. The molecule has 0 bridgehead atoms. The highest BCUT2D eigenvalue weighted by atomic mass is 32.2. The van der Waals surface area contributed by atoms with E-state index in [-0.39, 0.29) is 6.10 Å². The zero-order valence-corrected chi connectivity index (χ0v) is 12.1. The Morgan fingerprint density at radius 2 is 2.12 bits per heavy atom. The van der Waals surface area contributed by atoms with Gasteiger partial charge in [-0.05, 0) is 25.0 Å². The summed E-state index contributed by atoms with van der Waals surface area (Å²) in [6.45, 7) is 6.06. The highest BCUT2D eigenvalue weighted by molar-refractivity contribution is 7.99. The molecule has 4 heteroatoms. The molecule has 0 aliphatic heterocycles. The molecule has 0 radical (unpaired) electrons. The van der Waals surface area contributed by atoms with Crippen molar-refractivity contribution in [3.8, 4) is 0 Å². The highest BCUT2D eigenvalue weighted by Crippen LogP contribution is 2.28. The normalized spacial score (nSPS) is 26.6. The highest BCUT2D eigenvalue weighted by Gasteiger charge is 2.26. The van der Waals surface area contributed by atoms with Crippen molar-refractivity contribution in [1.29, 1.82) is 0 Å². The van der Waals surface area contributed by atoms with Crippen molar-refractivity contribution in [2.75, 3.05) is 26.0 Å². The number of ether oxygens (including phenoxy) is 1. The average molecular weight is 261 g/mol. The van der Waals surface area contributed by atoms with E-state index in [9.17, 15) is 5.11 Å². The lowest BCUT2D eigenvalue weighted by Gasteiger charge is -2.21. The van der Waals surface area contributed by atoms with E-state index in [0.717, 1.165) is 11.9 Å². The lowest BCUT2D eigenvalue weighted by molar-refractivity contribution is 0.0251. The number of rotatable bonds is 8. The van der Waals surface area contributed by atoms with Crippen LogP contribution >= 0.6 is 11.8 Å². The van der Waals surface area contributed by atoms with E-state index >= 15 is 0 Å². The summed E-state index contributed by atoms with van der Waals surface area (Å²) in [7, 11) is 0. The minimum atomic E-state index is -0.378. The summed E-state index contributed by atoms with van der Waals surface area (Å²) >= 11 is 1.94. The monoisotopic (exact) mass is 261 g/mol. The summed E-state index contributed by atoms with van der Waals surface area (Å²) in [5, 5.41) is 14.0. The van der Waals surface area contributed by atoms with Crippen LogP contribution in [0.3, 0.4) is 0 Å². The van der Waals surface area contributed by atoms with Gasteiger partial charge in [0.25, 0.3) is 0 Å². The summed E-state index contributed by atoms with van der Waals surface area (Å²) in [4.78, 5) is 0. The lowest BCUT2D eigenvalue weighted by atomic mass is 10.2. The molecule has 0 spiro atoms. The Hall–Kier alpha value is 0.230. The van der Waals surface area contributed by atoms with Crippen LogP contribution in [0.1, 0.15) is 33.1 Å². The smallest absolute Gasteiger partial charge is 0.0897 e. The van der Waals surface area contributed by atoms with Crippen molar-refractivity contribution < 1.29 is 9.84 Å². The second-order valence-electron chi connectivity index (χ2n) is 5.30. The van der Waals surface area contributed by atoms with E-state index in [1.165, 1.54) is 19.3 Å². The minimum absolute atomic E-state index is 0.378. The molecule has 2 N–H and O–H groups in total. The van der Waals surface area contributed by atoms with Crippen molar-refractivity contribution in [3.05, 3.63) is 0 Å². The third kappa shape index (κ3) is 6.09. The molecule has 0 aromatic carbocycles. The Morgan fingerprint density at radius 3 is 2.76 bits per heavy atom. The molecule has 1 saturated carbocycles. The molecular weight excluding hydrogens is 234 g/mol. The molecule has 3 atom stereocenters. The van der Waals surface area contributed by atoms with Crippen LogP contribution in [0.15, 0.2) is 0 Å². The SMILES string of the molecule is CSC1CCCC1NCC(O)COCC(C)C. The molecule has 0 heterocycles. The summed E-state index contributed by atoms with van der Waals surface area (Å²) in [5.41, 5.74) is 0. The predicted molar refractivity (Wildman–Crippen MR) is 74.6 cm³/mol. The van der Waals surface area contributed by atoms with Gasteiger partial charge in [-0.1, -0.05) is 20.3 Å². The molecule has 17 heavy (non-hydrogen) atoms. The van der Waals surface area contributed by atoms with Gasteiger partial charge in [-0.25, -0.2) is 0 Å². The molecule has 0 aromatic rings. The van der Waals surface area contributed by atoms with Crippen molar-refractivity contribution in [1.82, 2.24) is 5.32 Å². The number of aliphatic hydroxyl groups excluding tert-OH is 1. The maximum atomic E-state index is 9.79. The lowest BCUT2D eigenvalue weighted by Crippen LogP contribution is -2.40. The molecule has 3 nitrogen and oxygen atoms in total. The zero-order valence-electron chi connectivity index (χ0n) is 11.3. The van der Waals surface area contributed by atoms with Gasteiger partial charge in [0.2, 0.25) is 0 Å². The number of hydrogen-bond donors (Lipinski definition) is 2. The molecule has 1 fully saturated rings. The van der Waals surface area contributed by atoms with Crippen LogP contribution in [-0.2, 0) is 4.74 Å². The quantitative estimate of drug-likeness (QED) is 0.700. The number of aliphatic hydroxyl groups is 1. The molecule has 0 amide bonds. The van der Waals surface area contributed by atoms with Crippen molar-refractivity contribution in [2.24, 2.45) is 5.92 Å². The van der Waals surface area contributed by atoms with Gasteiger partial charge < -0.3 is 15.2 Å². The van der Waals surface area contributed by atoms with Gasteiger partial charge >= 0.3 is 0 Å². The number of nitrogens with one attached hydrogen (secondary N) is 1. The van der Waals surface area contributed by atoms with E-state index in [1.54, 1.807) is 0 Å². The Bertz CT molecular complexity index is 202. The van der Waals surface area contributed by atoms with Crippen LogP contribution in [0, 0.1) is 5.92 Å². The van der Waals surface area contributed by atoms with E-state index in [2.05, 4.69) is 25.4 Å². The van der Waals surface area contributed by atoms with E-state index in [0.29, 0.717) is 25.1 Å². The Kier molecular flexibility index (Phi) is 7.51. The molecule has 102 valence electrons. The maximum absolute atomic E-state index is 9.79. The Labute approximate surface area is 110 Å². The fourth-order valence-corrected chi connectivity index (χ4v) is 3.19. The summed E-state index contributed by atoms with van der Waals surface area (Å²) in [6, 6.07) is 0.574. The van der Waals surface area contributed by atoms with Gasteiger partial charge in [-0.3, -0.25) is 0 Å². The third-order valence-corrected chi connectivity index (χ3v) is 4.30. The maximum Gasteiger partial charge on any atom is 0.0897 e.